The van der Waals surface area contributed by atoms with Crippen molar-refractivity contribution < 1.29 is 14.4 Å². The molecular formula is C11H16N2O4. The third kappa shape index (κ3) is 4.01. The number of hydrogen-bond donors (Lipinski definition) is 1. The van der Waals surface area contributed by atoms with E-state index >= 15 is 0 Å². The van der Waals surface area contributed by atoms with Crippen molar-refractivity contribution in [3.05, 3.63) is 33.9 Å². The Bertz CT molecular complexity index is 382. The highest BCUT2D eigenvalue weighted by Crippen LogP contribution is 2.27. The molecule has 0 aliphatic heterocycles. The van der Waals surface area contributed by atoms with Crippen molar-refractivity contribution in [3.8, 4) is 5.75 Å². The zero-order valence-electron chi connectivity index (χ0n) is 9.93. The van der Waals surface area contributed by atoms with Gasteiger partial charge in [0.15, 0.2) is 5.75 Å². The molecule has 0 bridgehead atoms. The molecule has 0 spiro atoms. The van der Waals surface area contributed by atoms with Crippen LogP contribution >= 0.6 is 0 Å². The van der Waals surface area contributed by atoms with Gasteiger partial charge in [-0.3, -0.25) is 10.1 Å². The highest BCUT2D eigenvalue weighted by molar-refractivity contribution is 5.48. The van der Waals surface area contributed by atoms with Crippen LogP contribution < -0.4 is 10.1 Å². The van der Waals surface area contributed by atoms with Crippen LogP contribution in [0.15, 0.2) is 18.2 Å². The first kappa shape index (κ1) is 13.4. The largest absolute Gasteiger partial charge is 0.490 e. The second kappa shape index (κ2) is 6.82. The summed E-state index contributed by atoms with van der Waals surface area (Å²) in [6.45, 7) is 1.98. The van der Waals surface area contributed by atoms with Crippen molar-refractivity contribution in [1.82, 2.24) is 5.32 Å². The Kier molecular flexibility index (Phi) is 5.38. The number of hydrogen-bond acceptors (Lipinski definition) is 5. The standard InChI is InChI=1S/C11H16N2O4/c1-16-6-5-12-8-9-3-4-10(13(14)15)11(7-9)17-2/h3-4,7,12H,5-6,8H2,1-2H3. The summed E-state index contributed by atoms with van der Waals surface area (Å²) in [5, 5.41) is 13.8. The normalized spacial score (nSPS) is 10.2. The molecule has 0 amide bonds. The van der Waals surface area contributed by atoms with Gasteiger partial charge in [-0.05, 0) is 11.6 Å². The van der Waals surface area contributed by atoms with Crippen molar-refractivity contribution in [2.45, 2.75) is 6.54 Å². The number of nitrogens with one attached hydrogen (secondary N) is 1. The van der Waals surface area contributed by atoms with Crippen LogP contribution in [0.25, 0.3) is 0 Å². The topological polar surface area (TPSA) is 73.6 Å². The van der Waals surface area contributed by atoms with Gasteiger partial charge >= 0.3 is 5.69 Å². The van der Waals surface area contributed by atoms with Gasteiger partial charge in [0.2, 0.25) is 0 Å². The molecule has 1 N–H and O–H groups in total. The van der Waals surface area contributed by atoms with E-state index < -0.39 is 4.92 Å². The van der Waals surface area contributed by atoms with E-state index in [0.717, 1.165) is 12.1 Å². The van der Waals surface area contributed by atoms with Crippen molar-refractivity contribution >= 4 is 5.69 Å². The van der Waals surface area contributed by atoms with E-state index in [2.05, 4.69) is 5.32 Å². The van der Waals surface area contributed by atoms with E-state index in [0.29, 0.717) is 13.2 Å². The van der Waals surface area contributed by atoms with Gasteiger partial charge in [-0.1, -0.05) is 6.07 Å². The Morgan fingerprint density at radius 1 is 1.41 bits per heavy atom. The number of benzene rings is 1. The second-order valence-electron chi connectivity index (χ2n) is 3.43. The Morgan fingerprint density at radius 3 is 2.76 bits per heavy atom. The smallest absolute Gasteiger partial charge is 0.310 e. The van der Waals surface area contributed by atoms with Gasteiger partial charge in [0.05, 0.1) is 18.6 Å². The molecule has 1 rings (SSSR count). The molecule has 1 aromatic rings. The fourth-order valence-corrected chi connectivity index (χ4v) is 1.39. The minimum atomic E-state index is -0.457. The summed E-state index contributed by atoms with van der Waals surface area (Å²) in [5.41, 5.74) is 0.914. The zero-order chi connectivity index (χ0) is 12.7. The minimum absolute atomic E-state index is 0.0202. The highest BCUT2D eigenvalue weighted by atomic mass is 16.6. The molecule has 6 heteroatoms. The second-order valence-corrected chi connectivity index (χ2v) is 3.43. The van der Waals surface area contributed by atoms with E-state index in [1.807, 2.05) is 0 Å². The Hall–Kier alpha value is -1.66. The first-order chi connectivity index (χ1) is 8.19. The van der Waals surface area contributed by atoms with Crippen LogP contribution in [-0.2, 0) is 11.3 Å². The summed E-state index contributed by atoms with van der Waals surface area (Å²) < 4.78 is 9.88. The Balaban J connectivity index is 2.66. The number of ether oxygens (including phenoxy) is 2. The minimum Gasteiger partial charge on any atom is -0.490 e. The third-order valence-corrected chi connectivity index (χ3v) is 2.25. The lowest BCUT2D eigenvalue weighted by molar-refractivity contribution is -0.385. The Morgan fingerprint density at radius 2 is 2.18 bits per heavy atom. The maximum absolute atomic E-state index is 10.7. The van der Waals surface area contributed by atoms with E-state index in [1.165, 1.54) is 13.2 Å². The highest BCUT2D eigenvalue weighted by Gasteiger charge is 2.14. The summed E-state index contributed by atoms with van der Waals surface area (Å²) in [6, 6.07) is 4.82. The molecule has 0 radical (unpaired) electrons. The lowest BCUT2D eigenvalue weighted by Gasteiger charge is -2.06. The lowest BCUT2D eigenvalue weighted by Crippen LogP contribution is -2.18. The van der Waals surface area contributed by atoms with Crippen LogP contribution in [0.5, 0.6) is 5.75 Å². The number of nitro groups is 1. The predicted octanol–water partition coefficient (Wildman–Crippen LogP) is 1.34. The van der Waals surface area contributed by atoms with Crippen molar-refractivity contribution in [1.29, 1.82) is 0 Å². The monoisotopic (exact) mass is 240 g/mol. The van der Waals surface area contributed by atoms with Gasteiger partial charge in [-0.15, -0.1) is 0 Å². The van der Waals surface area contributed by atoms with Crippen molar-refractivity contribution in [3.63, 3.8) is 0 Å². The molecule has 0 saturated heterocycles. The molecule has 6 nitrogen and oxygen atoms in total. The average molecular weight is 240 g/mol. The maximum Gasteiger partial charge on any atom is 0.310 e. The van der Waals surface area contributed by atoms with Crippen LogP contribution in [0.3, 0.4) is 0 Å². The SMILES string of the molecule is COCCNCc1ccc([N+](=O)[O-])c(OC)c1. The van der Waals surface area contributed by atoms with Crippen molar-refractivity contribution in [2.75, 3.05) is 27.4 Å². The molecule has 0 unspecified atom stereocenters. The fourth-order valence-electron chi connectivity index (χ4n) is 1.39. The van der Waals surface area contributed by atoms with Gasteiger partial charge in [-0.2, -0.15) is 0 Å². The summed E-state index contributed by atoms with van der Waals surface area (Å²) in [5.74, 6) is 0.279. The molecule has 0 heterocycles. The molecule has 0 aromatic heterocycles. The predicted molar refractivity (Wildman–Crippen MR) is 63.2 cm³/mol. The van der Waals surface area contributed by atoms with Crippen LogP contribution in [0.2, 0.25) is 0 Å². The molecule has 0 aliphatic rings. The van der Waals surface area contributed by atoms with Crippen LogP contribution in [0.4, 0.5) is 5.69 Å². The summed E-state index contributed by atoms with van der Waals surface area (Å²) in [4.78, 5) is 10.2. The van der Waals surface area contributed by atoms with E-state index in [1.54, 1.807) is 19.2 Å². The van der Waals surface area contributed by atoms with Crippen LogP contribution in [-0.4, -0.2) is 32.3 Å². The lowest BCUT2D eigenvalue weighted by atomic mass is 10.2. The zero-order valence-corrected chi connectivity index (χ0v) is 9.93. The van der Waals surface area contributed by atoms with E-state index in [-0.39, 0.29) is 11.4 Å². The summed E-state index contributed by atoms with van der Waals surface area (Å²) >= 11 is 0. The number of nitro benzene ring substituents is 1. The van der Waals surface area contributed by atoms with Crippen molar-refractivity contribution in [2.24, 2.45) is 0 Å². The van der Waals surface area contributed by atoms with Gasteiger partial charge in [0.25, 0.3) is 0 Å². The molecule has 0 saturated carbocycles. The molecule has 17 heavy (non-hydrogen) atoms. The van der Waals surface area contributed by atoms with Crippen LogP contribution in [0.1, 0.15) is 5.56 Å². The first-order valence-corrected chi connectivity index (χ1v) is 5.20. The van der Waals surface area contributed by atoms with E-state index in [4.69, 9.17) is 9.47 Å². The maximum atomic E-state index is 10.7. The van der Waals surface area contributed by atoms with Gasteiger partial charge in [-0.25, -0.2) is 0 Å². The molecule has 94 valence electrons. The third-order valence-electron chi connectivity index (χ3n) is 2.25. The number of nitrogens with zero attached hydrogens (tertiary/aromatic N) is 1. The molecule has 0 aliphatic carbocycles. The Labute approximate surface area is 99.7 Å². The van der Waals surface area contributed by atoms with E-state index in [9.17, 15) is 10.1 Å². The molecule has 0 fully saturated rings. The summed E-state index contributed by atoms with van der Waals surface area (Å²) in [6.07, 6.45) is 0. The number of methoxy groups -OCH3 is 2. The quantitative estimate of drug-likeness (QED) is 0.442. The molecule has 0 atom stereocenters. The summed E-state index contributed by atoms with van der Waals surface area (Å²) in [7, 11) is 3.06. The van der Waals surface area contributed by atoms with Gasteiger partial charge in [0, 0.05) is 26.3 Å². The average Bonchev–Trinajstić information content (AvgIpc) is 2.34. The number of rotatable bonds is 7. The van der Waals surface area contributed by atoms with Crippen LogP contribution in [0, 0.1) is 10.1 Å². The van der Waals surface area contributed by atoms with Gasteiger partial charge < -0.3 is 14.8 Å². The fraction of sp³-hybridized carbons (Fsp3) is 0.455. The van der Waals surface area contributed by atoms with Gasteiger partial charge in [0.1, 0.15) is 0 Å². The molecule has 1 aromatic carbocycles. The molecular weight excluding hydrogens is 224 g/mol. The first-order valence-electron chi connectivity index (χ1n) is 5.20.